The molecule has 0 saturated heterocycles. The third-order valence-electron chi connectivity index (χ3n) is 9.52. The fourth-order valence-corrected chi connectivity index (χ4v) is 6.62. The molecule has 1 aliphatic rings. The van der Waals surface area contributed by atoms with Crippen molar-refractivity contribution in [2.24, 2.45) is 0 Å². The van der Waals surface area contributed by atoms with Crippen LogP contribution in [0.1, 0.15) is 137 Å². The number of alkyl halides is 3. The molecule has 1 heterocycles. The number of unbranched alkanes of at least 4 members (excludes halogenated alkanes) is 14. The first-order valence-corrected chi connectivity index (χ1v) is 18.2. The van der Waals surface area contributed by atoms with Gasteiger partial charge >= 0.3 is 6.18 Å². The van der Waals surface area contributed by atoms with E-state index in [0.29, 0.717) is 41.9 Å². The second-order valence-corrected chi connectivity index (χ2v) is 13.3. The molecule has 0 spiro atoms. The number of halogens is 3. The summed E-state index contributed by atoms with van der Waals surface area (Å²) in [6.07, 6.45) is 16.5. The maximum absolute atomic E-state index is 13.3. The van der Waals surface area contributed by atoms with Gasteiger partial charge in [-0.2, -0.15) is 13.2 Å². The van der Waals surface area contributed by atoms with E-state index in [9.17, 15) is 22.8 Å². The molecule has 3 aromatic carbocycles. The highest BCUT2D eigenvalue weighted by atomic mass is 19.4. The largest absolute Gasteiger partial charge is 0.416 e. The summed E-state index contributed by atoms with van der Waals surface area (Å²) in [5.41, 5.74) is 3.60. The Morgan fingerprint density at radius 3 is 1.90 bits per heavy atom. The molecule has 0 unspecified atom stereocenters. The maximum atomic E-state index is 13.3. The van der Waals surface area contributed by atoms with E-state index >= 15 is 0 Å². The molecule has 0 atom stereocenters. The number of carbonyl (C=O) groups excluding carboxylic acids is 2. The number of nitrogens with one attached hydrogen (secondary N) is 1. The minimum absolute atomic E-state index is 0.215. The Bertz CT molecular complexity index is 1430. The van der Waals surface area contributed by atoms with Crippen LogP contribution in [0.15, 0.2) is 66.7 Å². The van der Waals surface area contributed by atoms with Crippen molar-refractivity contribution in [1.29, 1.82) is 0 Å². The van der Waals surface area contributed by atoms with Gasteiger partial charge in [0.15, 0.2) is 0 Å². The van der Waals surface area contributed by atoms with Crippen molar-refractivity contribution in [3.63, 3.8) is 0 Å². The topological polar surface area (TPSA) is 49.4 Å². The lowest BCUT2D eigenvalue weighted by molar-refractivity contribution is -0.137. The van der Waals surface area contributed by atoms with E-state index in [4.69, 9.17) is 0 Å². The van der Waals surface area contributed by atoms with Crippen LogP contribution >= 0.6 is 0 Å². The van der Waals surface area contributed by atoms with Gasteiger partial charge in [0.1, 0.15) is 0 Å². The molecule has 3 aromatic rings. The summed E-state index contributed by atoms with van der Waals surface area (Å²) >= 11 is 0. The monoisotopic (exact) mass is 662 g/mol. The van der Waals surface area contributed by atoms with Gasteiger partial charge in [0.05, 0.1) is 5.56 Å². The number of benzene rings is 3. The second-order valence-electron chi connectivity index (χ2n) is 13.3. The molecule has 48 heavy (non-hydrogen) atoms. The van der Waals surface area contributed by atoms with Gasteiger partial charge in [-0.25, -0.2) is 0 Å². The Kier molecular flexibility index (Phi) is 15.0. The minimum Gasteiger partial charge on any atom is -0.338 e. The van der Waals surface area contributed by atoms with Gasteiger partial charge in [-0.1, -0.05) is 133 Å². The smallest absolute Gasteiger partial charge is 0.338 e. The Morgan fingerprint density at radius 1 is 0.708 bits per heavy atom. The molecule has 0 aliphatic carbocycles. The first-order chi connectivity index (χ1) is 23.3. The average molecular weight is 663 g/mol. The molecule has 0 radical (unpaired) electrons. The van der Waals surface area contributed by atoms with Gasteiger partial charge in [0.25, 0.3) is 5.91 Å². The van der Waals surface area contributed by atoms with Crippen LogP contribution in [0.3, 0.4) is 0 Å². The van der Waals surface area contributed by atoms with Crippen LogP contribution in [0.2, 0.25) is 0 Å². The van der Waals surface area contributed by atoms with E-state index < -0.39 is 11.7 Å². The lowest BCUT2D eigenvalue weighted by Crippen LogP contribution is -2.35. The van der Waals surface area contributed by atoms with Crippen LogP contribution in [0.4, 0.5) is 18.9 Å². The van der Waals surface area contributed by atoms with Crippen LogP contribution in [0.5, 0.6) is 0 Å². The molecular weight excluding hydrogens is 609 g/mol. The Morgan fingerprint density at radius 2 is 1.29 bits per heavy atom. The number of fused-ring (bicyclic) bond motifs is 1. The summed E-state index contributed by atoms with van der Waals surface area (Å²) in [5, 5.41) is 2.96. The number of carbonyl (C=O) groups is 2. The standard InChI is InChI=1S/C41H53F3N2O2/c1-2-3-4-5-6-7-8-9-10-11-12-13-14-15-16-21-39(47)46-29-28-33-30-36(27-24-34(33)31-46)45-40(48)38-20-18-17-19-37(38)32-22-25-35(26-23-32)41(42,43)44/h17-20,22-27,30H,2-16,21,28-29,31H2,1H3,(H,45,48). The highest BCUT2D eigenvalue weighted by Crippen LogP contribution is 2.32. The van der Waals surface area contributed by atoms with Crippen molar-refractivity contribution >= 4 is 17.5 Å². The van der Waals surface area contributed by atoms with Gasteiger partial charge in [-0.05, 0) is 65.4 Å². The lowest BCUT2D eigenvalue weighted by atomic mass is 9.97. The van der Waals surface area contributed by atoms with Gasteiger partial charge in [-0.3, -0.25) is 9.59 Å². The number of hydrogen-bond donors (Lipinski definition) is 1. The third kappa shape index (κ3) is 11.8. The normalized spacial score (nSPS) is 13.0. The molecule has 0 aromatic heterocycles. The lowest BCUT2D eigenvalue weighted by Gasteiger charge is -2.29. The molecule has 1 N–H and O–H groups in total. The van der Waals surface area contributed by atoms with E-state index in [-0.39, 0.29) is 11.8 Å². The van der Waals surface area contributed by atoms with Gasteiger partial charge in [0, 0.05) is 30.8 Å². The SMILES string of the molecule is CCCCCCCCCCCCCCCCCC(=O)N1CCc2cc(NC(=O)c3ccccc3-c3ccc(C(F)(F)F)cc3)ccc2C1. The predicted molar refractivity (Wildman–Crippen MR) is 190 cm³/mol. The van der Waals surface area contributed by atoms with Gasteiger partial charge < -0.3 is 10.2 Å². The number of hydrogen-bond acceptors (Lipinski definition) is 2. The highest BCUT2D eigenvalue weighted by molar-refractivity contribution is 6.08. The molecule has 0 fully saturated rings. The number of anilines is 1. The molecule has 7 heteroatoms. The van der Waals surface area contributed by atoms with E-state index in [1.807, 2.05) is 23.1 Å². The molecule has 0 saturated carbocycles. The maximum Gasteiger partial charge on any atom is 0.416 e. The molecular formula is C41H53F3N2O2. The summed E-state index contributed by atoms with van der Waals surface area (Å²) < 4.78 is 39.1. The zero-order valence-corrected chi connectivity index (χ0v) is 28.7. The molecule has 0 bridgehead atoms. The summed E-state index contributed by atoms with van der Waals surface area (Å²) in [7, 11) is 0. The number of amides is 2. The summed E-state index contributed by atoms with van der Waals surface area (Å²) in [6, 6.07) is 17.5. The number of nitrogens with zero attached hydrogens (tertiary/aromatic N) is 1. The van der Waals surface area contributed by atoms with Crippen LogP contribution in [0, 0.1) is 0 Å². The van der Waals surface area contributed by atoms with E-state index in [1.165, 1.54) is 95.6 Å². The van der Waals surface area contributed by atoms with Crippen molar-refractivity contribution in [2.75, 3.05) is 11.9 Å². The second kappa shape index (κ2) is 19.4. The predicted octanol–water partition coefficient (Wildman–Crippen LogP) is 11.8. The fraction of sp³-hybridized carbons (Fsp3) is 0.512. The Labute approximate surface area is 285 Å². The number of rotatable bonds is 19. The average Bonchev–Trinajstić information content (AvgIpc) is 3.09. The van der Waals surface area contributed by atoms with E-state index in [2.05, 4.69) is 12.2 Å². The summed E-state index contributed by atoms with van der Waals surface area (Å²) in [4.78, 5) is 28.2. The van der Waals surface area contributed by atoms with Crippen LogP contribution < -0.4 is 5.32 Å². The molecule has 2 amide bonds. The molecule has 1 aliphatic heterocycles. The zero-order chi connectivity index (χ0) is 34.2. The zero-order valence-electron chi connectivity index (χ0n) is 28.7. The first-order valence-electron chi connectivity index (χ1n) is 18.2. The third-order valence-corrected chi connectivity index (χ3v) is 9.52. The van der Waals surface area contributed by atoms with Gasteiger partial charge in [0.2, 0.25) is 5.91 Å². The van der Waals surface area contributed by atoms with Crippen LogP contribution in [-0.2, 0) is 23.9 Å². The van der Waals surface area contributed by atoms with E-state index in [0.717, 1.165) is 42.5 Å². The summed E-state index contributed by atoms with van der Waals surface area (Å²) in [5.74, 6) is -0.117. The molecule has 4 rings (SSSR count). The van der Waals surface area contributed by atoms with Crippen molar-refractivity contribution < 1.29 is 22.8 Å². The fourth-order valence-electron chi connectivity index (χ4n) is 6.62. The van der Waals surface area contributed by atoms with Crippen molar-refractivity contribution in [3.8, 4) is 11.1 Å². The van der Waals surface area contributed by atoms with Crippen LogP contribution in [0.25, 0.3) is 11.1 Å². The first kappa shape index (κ1) is 37.2. The minimum atomic E-state index is -4.42. The highest BCUT2D eigenvalue weighted by Gasteiger charge is 2.30. The molecule has 260 valence electrons. The van der Waals surface area contributed by atoms with Crippen LogP contribution in [-0.4, -0.2) is 23.3 Å². The van der Waals surface area contributed by atoms with E-state index in [1.54, 1.807) is 24.3 Å². The van der Waals surface area contributed by atoms with Crippen molar-refractivity contribution in [1.82, 2.24) is 4.90 Å². The summed E-state index contributed by atoms with van der Waals surface area (Å²) in [6.45, 7) is 3.51. The molecule has 4 nitrogen and oxygen atoms in total. The quantitative estimate of drug-likeness (QED) is 0.130. The Balaban J connectivity index is 1.15. The van der Waals surface area contributed by atoms with Crippen molar-refractivity contribution in [3.05, 3.63) is 89.0 Å². The van der Waals surface area contributed by atoms with Crippen molar-refractivity contribution in [2.45, 2.75) is 129 Å². The van der Waals surface area contributed by atoms with Gasteiger partial charge in [-0.15, -0.1) is 0 Å². The Hall–Kier alpha value is -3.61.